The van der Waals surface area contributed by atoms with Gasteiger partial charge in [-0.25, -0.2) is 9.37 Å². The van der Waals surface area contributed by atoms with Gasteiger partial charge in [-0.05, 0) is 23.8 Å². The van der Waals surface area contributed by atoms with Crippen LogP contribution in [-0.2, 0) is 11.3 Å². The molecule has 0 saturated carbocycles. The molecule has 0 bridgehead atoms. The Morgan fingerprint density at radius 3 is 2.48 bits per heavy atom. The molecule has 0 aliphatic rings. The first-order valence-electron chi connectivity index (χ1n) is 6.77. The number of nitro groups is 1. The van der Waals surface area contributed by atoms with Gasteiger partial charge in [0.2, 0.25) is 0 Å². The van der Waals surface area contributed by atoms with Crippen molar-refractivity contribution in [3.05, 3.63) is 64.1 Å². The standard InChI is InChI=1S/C15H14FN3O4/c16-12-3-1-11(2-4-12)10-18(8-7-15(20)21)14-6-5-13(9-17-14)19(22)23/h1-6,9H,7-8,10H2,(H,20,21). The molecule has 0 fully saturated rings. The SMILES string of the molecule is O=C(O)CCN(Cc1ccc(F)cc1)c1ccc([N+](=O)[O-])cn1. The van der Waals surface area contributed by atoms with Crippen molar-refractivity contribution in [2.45, 2.75) is 13.0 Å². The van der Waals surface area contributed by atoms with Crippen LogP contribution >= 0.6 is 0 Å². The van der Waals surface area contributed by atoms with E-state index in [4.69, 9.17) is 5.11 Å². The molecule has 0 saturated heterocycles. The maximum atomic E-state index is 13.0. The Labute approximate surface area is 131 Å². The van der Waals surface area contributed by atoms with Crippen molar-refractivity contribution in [2.75, 3.05) is 11.4 Å². The fraction of sp³-hybridized carbons (Fsp3) is 0.200. The first-order chi connectivity index (χ1) is 11.0. The van der Waals surface area contributed by atoms with Gasteiger partial charge in [-0.3, -0.25) is 14.9 Å². The molecule has 0 atom stereocenters. The first-order valence-corrected chi connectivity index (χ1v) is 6.77. The second-order valence-electron chi connectivity index (χ2n) is 4.82. The number of hydrogen-bond donors (Lipinski definition) is 1. The highest BCUT2D eigenvalue weighted by molar-refractivity contribution is 5.67. The minimum Gasteiger partial charge on any atom is -0.481 e. The third kappa shape index (κ3) is 4.73. The van der Waals surface area contributed by atoms with Gasteiger partial charge in [-0.2, -0.15) is 0 Å². The van der Waals surface area contributed by atoms with Gasteiger partial charge in [-0.1, -0.05) is 12.1 Å². The van der Waals surface area contributed by atoms with E-state index in [2.05, 4.69) is 4.98 Å². The zero-order valence-corrected chi connectivity index (χ0v) is 12.1. The Bertz CT molecular complexity index is 689. The van der Waals surface area contributed by atoms with Crippen molar-refractivity contribution >= 4 is 17.5 Å². The largest absolute Gasteiger partial charge is 0.481 e. The van der Waals surface area contributed by atoms with Crippen LogP contribution in [0, 0.1) is 15.9 Å². The van der Waals surface area contributed by atoms with E-state index in [0.717, 1.165) is 11.8 Å². The molecule has 0 amide bonds. The summed E-state index contributed by atoms with van der Waals surface area (Å²) in [5.74, 6) is -0.906. The number of pyridine rings is 1. The lowest BCUT2D eigenvalue weighted by Gasteiger charge is -2.23. The van der Waals surface area contributed by atoms with E-state index in [0.29, 0.717) is 12.4 Å². The fourth-order valence-electron chi connectivity index (χ4n) is 1.99. The molecule has 1 aromatic heterocycles. The lowest BCUT2D eigenvalue weighted by molar-refractivity contribution is -0.385. The van der Waals surface area contributed by atoms with E-state index in [1.165, 1.54) is 24.3 Å². The van der Waals surface area contributed by atoms with E-state index in [1.807, 2.05) is 0 Å². The third-order valence-electron chi connectivity index (χ3n) is 3.15. The summed E-state index contributed by atoms with van der Waals surface area (Å²) < 4.78 is 13.0. The number of benzene rings is 1. The summed E-state index contributed by atoms with van der Waals surface area (Å²) in [6, 6.07) is 8.58. The summed E-state index contributed by atoms with van der Waals surface area (Å²) in [4.78, 5) is 26.6. The lowest BCUT2D eigenvalue weighted by Crippen LogP contribution is -2.26. The van der Waals surface area contributed by atoms with E-state index < -0.39 is 10.9 Å². The molecule has 7 nitrogen and oxygen atoms in total. The fourth-order valence-corrected chi connectivity index (χ4v) is 1.99. The van der Waals surface area contributed by atoms with Crippen molar-refractivity contribution in [2.24, 2.45) is 0 Å². The summed E-state index contributed by atoms with van der Waals surface area (Å²) in [6.07, 6.45) is 1.01. The van der Waals surface area contributed by atoms with Gasteiger partial charge >= 0.3 is 5.97 Å². The normalized spacial score (nSPS) is 10.3. The number of carboxylic acids is 1. The Balaban J connectivity index is 2.20. The maximum Gasteiger partial charge on any atom is 0.305 e. The number of aliphatic carboxylic acids is 1. The molecule has 1 N–H and O–H groups in total. The Hall–Kier alpha value is -3.03. The van der Waals surface area contributed by atoms with Gasteiger partial charge < -0.3 is 10.0 Å². The molecular formula is C15H14FN3O4. The third-order valence-corrected chi connectivity index (χ3v) is 3.15. The number of halogens is 1. The van der Waals surface area contributed by atoms with E-state index in [9.17, 15) is 19.3 Å². The highest BCUT2D eigenvalue weighted by Crippen LogP contribution is 2.18. The van der Waals surface area contributed by atoms with Gasteiger partial charge in [0, 0.05) is 19.2 Å². The second kappa shape index (κ2) is 7.30. The molecular weight excluding hydrogens is 305 g/mol. The van der Waals surface area contributed by atoms with Crippen LogP contribution in [0.15, 0.2) is 42.6 Å². The van der Waals surface area contributed by atoms with Crippen molar-refractivity contribution < 1.29 is 19.2 Å². The first kappa shape index (κ1) is 16.3. The molecule has 0 spiro atoms. The molecule has 0 unspecified atom stereocenters. The summed E-state index contributed by atoms with van der Waals surface area (Å²) in [6.45, 7) is 0.496. The zero-order valence-electron chi connectivity index (χ0n) is 12.1. The lowest BCUT2D eigenvalue weighted by atomic mass is 10.2. The van der Waals surface area contributed by atoms with Crippen LogP contribution in [0.5, 0.6) is 0 Å². The molecule has 0 radical (unpaired) electrons. The Morgan fingerprint density at radius 1 is 1.26 bits per heavy atom. The number of nitrogens with zero attached hydrogens (tertiary/aromatic N) is 3. The molecule has 0 aliphatic carbocycles. The van der Waals surface area contributed by atoms with Crippen LogP contribution in [0.1, 0.15) is 12.0 Å². The van der Waals surface area contributed by atoms with Crippen molar-refractivity contribution in [3.63, 3.8) is 0 Å². The van der Waals surface area contributed by atoms with Crippen LogP contribution in [0.2, 0.25) is 0 Å². The topological polar surface area (TPSA) is 96.6 Å². The molecule has 1 aromatic carbocycles. The minimum atomic E-state index is -0.962. The summed E-state index contributed by atoms with van der Waals surface area (Å²) in [5.41, 5.74) is 0.630. The van der Waals surface area contributed by atoms with E-state index in [1.54, 1.807) is 17.0 Å². The number of hydrogen-bond acceptors (Lipinski definition) is 5. The minimum absolute atomic E-state index is 0.111. The summed E-state index contributed by atoms with van der Waals surface area (Å²) in [5, 5.41) is 19.5. The number of carboxylic acid groups (broad SMARTS) is 1. The number of anilines is 1. The molecule has 0 aliphatic heterocycles. The molecule has 2 aromatic rings. The van der Waals surface area contributed by atoms with E-state index in [-0.39, 0.29) is 24.5 Å². The van der Waals surface area contributed by atoms with Crippen molar-refractivity contribution in [1.82, 2.24) is 4.98 Å². The van der Waals surface area contributed by atoms with Gasteiger partial charge in [0.05, 0.1) is 11.3 Å². The molecule has 8 heteroatoms. The number of aromatic nitrogens is 1. The molecule has 23 heavy (non-hydrogen) atoms. The Kier molecular flexibility index (Phi) is 5.19. The highest BCUT2D eigenvalue weighted by atomic mass is 19.1. The van der Waals surface area contributed by atoms with Crippen LogP contribution in [0.3, 0.4) is 0 Å². The Morgan fingerprint density at radius 2 is 1.96 bits per heavy atom. The molecule has 1 heterocycles. The summed E-state index contributed by atoms with van der Waals surface area (Å²) >= 11 is 0. The van der Waals surface area contributed by atoms with Crippen LogP contribution in [0.25, 0.3) is 0 Å². The number of carbonyl (C=O) groups is 1. The van der Waals surface area contributed by atoms with Gasteiger partial charge in [0.15, 0.2) is 0 Å². The smallest absolute Gasteiger partial charge is 0.305 e. The van der Waals surface area contributed by atoms with Crippen molar-refractivity contribution in [1.29, 1.82) is 0 Å². The van der Waals surface area contributed by atoms with Gasteiger partial charge in [-0.15, -0.1) is 0 Å². The average molecular weight is 319 g/mol. The van der Waals surface area contributed by atoms with Crippen LogP contribution in [-0.4, -0.2) is 27.5 Å². The molecule has 2 rings (SSSR count). The second-order valence-corrected chi connectivity index (χ2v) is 4.82. The number of rotatable bonds is 7. The maximum absolute atomic E-state index is 13.0. The monoisotopic (exact) mass is 319 g/mol. The average Bonchev–Trinajstić information content (AvgIpc) is 2.53. The van der Waals surface area contributed by atoms with Gasteiger partial charge in [0.1, 0.15) is 17.8 Å². The van der Waals surface area contributed by atoms with Gasteiger partial charge in [0.25, 0.3) is 5.69 Å². The quantitative estimate of drug-likeness (QED) is 0.622. The van der Waals surface area contributed by atoms with Crippen molar-refractivity contribution in [3.8, 4) is 0 Å². The van der Waals surface area contributed by atoms with Crippen LogP contribution in [0.4, 0.5) is 15.9 Å². The predicted octanol–water partition coefficient (Wildman–Crippen LogP) is 2.61. The van der Waals surface area contributed by atoms with Crippen LogP contribution < -0.4 is 4.90 Å². The zero-order chi connectivity index (χ0) is 16.8. The highest BCUT2D eigenvalue weighted by Gasteiger charge is 2.13. The molecule has 120 valence electrons. The summed E-state index contributed by atoms with van der Waals surface area (Å²) in [7, 11) is 0. The predicted molar refractivity (Wildman–Crippen MR) is 80.6 cm³/mol. The van der Waals surface area contributed by atoms with E-state index >= 15 is 0 Å².